The van der Waals surface area contributed by atoms with Crippen molar-refractivity contribution in [1.29, 1.82) is 0 Å². The van der Waals surface area contributed by atoms with E-state index in [4.69, 9.17) is 14.2 Å². The molecule has 0 saturated carbocycles. The van der Waals surface area contributed by atoms with Gasteiger partial charge in [-0.3, -0.25) is 4.79 Å². The highest BCUT2D eigenvalue weighted by Crippen LogP contribution is 2.34. The van der Waals surface area contributed by atoms with Crippen molar-refractivity contribution in [1.82, 2.24) is 0 Å². The van der Waals surface area contributed by atoms with Gasteiger partial charge in [0.25, 0.3) is 5.91 Å². The number of benzene rings is 2. The fraction of sp³-hybridized carbons (Fsp3) is 0.158. The van der Waals surface area contributed by atoms with E-state index in [9.17, 15) is 9.59 Å². The number of esters is 1. The fourth-order valence-corrected chi connectivity index (χ4v) is 2.21. The normalized spacial score (nSPS) is 13.5. The van der Waals surface area contributed by atoms with Crippen LogP contribution < -0.4 is 14.8 Å². The number of hydrogen-bond acceptors (Lipinski definition) is 5. The maximum absolute atomic E-state index is 12.1. The van der Waals surface area contributed by atoms with Gasteiger partial charge in [0.2, 0.25) is 6.79 Å². The Bertz CT molecular complexity index is 801. The number of ether oxygens (including phenoxy) is 3. The third kappa shape index (κ3) is 4.38. The number of amides is 1. The van der Waals surface area contributed by atoms with Crippen LogP contribution in [-0.4, -0.2) is 24.8 Å². The van der Waals surface area contributed by atoms with Crippen LogP contribution in [0.3, 0.4) is 0 Å². The van der Waals surface area contributed by atoms with Crippen molar-refractivity contribution in [2.75, 3.05) is 12.1 Å². The smallest absolute Gasteiger partial charge is 0.331 e. The summed E-state index contributed by atoms with van der Waals surface area (Å²) in [5.74, 6) is 0.175. The summed E-state index contributed by atoms with van der Waals surface area (Å²) < 4.78 is 15.6. The van der Waals surface area contributed by atoms with Gasteiger partial charge in [-0.25, -0.2) is 4.79 Å². The second-order valence-electron chi connectivity index (χ2n) is 5.38. The highest BCUT2D eigenvalue weighted by Gasteiger charge is 2.19. The van der Waals surface area contributed by atoms with Crippen LogP contribution >= 0.6 is 0 Å². The summed E-state index contributed by atoms with van der Waals surface area (Å²) >= 11 is 0. The standard InChI is InChI=1S/C19H17NO5/c1-13(25-18(21)10-7-14-5-3-2-4-6-14)19(22)20-15-8-9-16-17(11-15)24-12-23-16/h2-11,13H,12H2,1H3,(H,20,22)/b10-7+/t13-/m0/s1. The lowest BCUT2D eigenvalue weighted by atomic mass is 10.2. The van der Waals surface area contributed by atoms with Gasteiger partial charge in [-0.2, -0.15) is 0 Å². The van der Waals surface area contributed by atoms with E-state index >= 15 is 0 Å². The van der Waals surface area contributed by atoms with E-state index in [1.807, 2.05) is 30.3 Å². The summed E-state index contributed by atoms with van der Waals surface area (Å²) in [5, 5.41) is 2.67. The van der Waals surface area contributed by atoms with Gasteiger partial charge in [-0.1, -0.05) is 30.3 Å². The van der Waals surface area contributed by atoms with E-state index in [1.165, 1.54) is 13.0 Å². The highest BCUT2D eigenvalue weighted by molar-refractivity contribution is 5.96. The van der Waals surface area contributed by atoms with Crippen LogP contribution in [0.5, 0.6) is 11.5 Å². The van der Waals surface area contributed by atoms with Gasteiger partial charge in [-0.05, 0) is 30.7 Å². The first-order chi connectivity index (χ1) is 12.1. The lowest BCUT2D eigenvalue weighted by Gasteiger charge is -2.12. The largest absolute Gasteiger partial charge is 0.454 e. The first kappa shape index (κ1) is 16.6. The Morgan fingerprint density at radius 3 is 2.68 bits per heavy atom. The van der Waals surface area contributed by atoms with Crippen LogP contribution in [-0.2, 0) is 14.3 Å². The SMILES string of the molecule is C[C@H](OC(=O)/C=C/c1ccccc1)C(=O)Nc1ccc2c(c1)OCO2. The zero-order valence-corrected chi connectivity index (χ0v) is 13.6. The quantitative estimate of drug-likeness (QED) is 0.669. The van der Waals surface area contributed by atoms with E-state index in [2.05, 4.69) is 5.32 Å². The van der Waals surface area contributed by atoms with Gasteiger partial charge in [0.15, 0.2) is 17.6 Å². The van der Waals surface area contributed by atoms with Gasteiger partial charge in [0, 0.05) is 17.8 Å². The Morgan fingerprint density at radius 2 is 1.88 bits per heavy atom. The number of carbonyl (C=O) groups excluding carboxylic acids is 2. The molecule has 25 heavy (non-hydrogen) atoms. The third-order valence-electron chi connectivity index (χ3n) is 3.51. The monoisotopic (exact) mass is 339 g/mol. The summed E-state index contributed by atoms with van der Waals surface area (Å²) in [6.07, 6.45) is 1.99. The van der Waals surface area contributed by atoms with Gasteiger partial charge < -0.3 is 19.5 Å². The topological polar surface area (TPSA) is 73.9 Å². The molecule has 6 nitrogen and oxygen atoms in total. The van der Waals surface area contributed by atoms with Crippen molar-refractivity contribution in [3.05, 3.63) is 60.2 Å². The minimum absolute atomic E-state index is 0.161. The number of fused-ring (bicyclic) bond motifs is 1. The van der Waals surface area contributed by atoms with Crippen LogP contribution in [0, 0.1) is 0 Å². The minimum atomic E-state index is -0.932. The molecule has 1 N–H and O–H groups in total. The molecule has 0 fully saturated rings. The maximum Gasteiger partial charge on any atom is 0.331 e. The van der Waals surface area contributed by atoms with E-state index in [0.717, 1.165) is 5.56 Å². The van der Waals surface area contributed by atoms with Gasteiger partial charge in [-0.15, -0.1) is 0 Å². The molecule has 0 aromatic heterocycles. The van der Waals surface area contributed by atoms with Crippen molar-refractivity contribution in [2.45, 2.75) is 13.0 Å². The molecule has 3 rings (SSSR count). The molecule has 0 unspecified atom stereocenters. The maximum atomic E-state index is 12.1. The van der Waals surface area contributed by atoms with Crippen LogP contribution in [0.1, 0.15) is 12.5 Å². The predicted molar refractivity (Wildman–Crippen MR) is 92.2 cm³/mol. The van der Waals surface area contributed by atoms with Crippen molar-refractivity contribution < 1.29 is 23.8 Å². The number of rotatable bonds is 5. The Kier molecular flexibility index (Phi) is 4.99. The summed E-state index contributed by atoms with van der Waals surface area (Å²) in [6.45, 7) is 1.67. The molecule has 1 aliphatic rings. The van der Waals surface area contributed by atoms with Crippen molar-refractivity contribution in [2.24, 2.45) is 0 Å². The van der Waals surface area contributed by atoms with Gasteiger partial charge >= 0.3 is 5.97 Å². The molecule has 6 heteroatoms. The minimum Gasteiger partial charge on any atom is -0.454 e. The van der Waals surface area contributed by atoms with E-state index in [0.29, 0.717) is 17.2 Å². The molecule has 1 atom stereocenters. The Labute approximate surface area is 145 Å². The van der Waals surface area contributed by atoms with E-state index in [-0.39, 0.29) is 6.79 Å². The molecule has 0 spiro atoms. The molecule has 1 aliphatic heterocycles. The zero-order valence-electron chi connectivity index (χ0n) is 13.6. The number of carbonyl (C=O) groups is 2. The number of anilines is 1. The highest BCUT2D eigenvalue weighted by atomic mass is 16.7. The fourth-order valence-electron chi connectivity index (χ4n) is 2.21. The lowest BCUT2D eigenvalue weighted by Crippen LogP contribution is -2.29. The summed E-state index contributed by atoms with van der Waals surface area (Å²) in [6, 6.07) is 14.4. The molecule has 0 radical (unpaired) electrons. The zero-order chi connectivity index (χ0) is 17.6. The molecular weight excluding hydrogens is 322 g/mol. The Balaban J connectivity index is 1.53. The summed E-state index contributed by atoms with van der Waals surface area (Å²) in [4.78, 5) is 23.9. The second kappa shape index (κ2) is 7.53. The Morgan fingerprint density at radius 1 is 1.12 bits per heavy atom. The van der Waals surface area contributed by atoms with Crippen LogP contribution in [0.4, 0.5) is 5.69 Å². The van der Waals surface area contributed by atoms with E-state index < -0.39 is 18.0 Å². The number of nitrogens with one attached hydrogen (secondary N) is 1. The van der Waals surface area contributed by atoms with Crippen LogP contribution in [0.25, 0.3) is 6.08 Å². The molecule has 2 aromatic carbocycles. The average molecular weight is 339 g/mol. The predicted octanol–water partition coefficient (Wildman–Crippen LogP) is 3.00. The molecule has 1 heterocycles. The first-order valence-electron chi connectivity index (χ1n) is 7.76. The molecule has 2 aromatic rings. The summed E-state index contributed by atoms with van der Waals surface area (Å²) in [7, 11) is 0. The second-order valence-corrected chi connectivity index (χ2v) is 5.38. The lowest BCUT2D eigenvalue weighted by molar-refractivity contribution is -0.148. The molecule has 0 saturated heterocycles. The van der Waals surface area contributed by atoms with Gasteiger partial charge in [0.05, 0.1) is 0 Å². The Hall–Kier alpha value is -3.28. The van der Waals surface area contributed by atoms with Crippen LogP contribution in [0.2, 0.25) is 0 Å². The third-order valence-corrected chi connectivity index (χ3v) is 3.51. The van der Waals surface area contributed by atoms with Crippen molar-refractivity contribution in [3.8, 4) is 11.5 Å². The molecule has 128 valence electrons. The van der Waals surface area contributed by atoms with Crippen LogP contribution in [0.15, 0.2) is 54.6 Å². The molecule has 1 amide bonds. The van der Waals surface area contributed by atoms with Crippen molar-refractivity contribution in [3.63, 3.8) is 0 Å². The van der Waals surface area contributed by atoms with E-state index in [1.54, 1.807) is 24.3 Å². The van der Waals surface area contributed by atoms with Gasteiger partial charge in [0.1, 0.15) is 0 Å². The molecular formula is C19H17NO5. The first-order valence-corrected chi connectivity index (χ1v) is 7.76. The average Bonchev–Trinajstić information content (AvgIpc) is 3.08. The van der Waals surface area contributed by atoms with Crippen molar-refractivity contribution >= 4 is 23.6 Å². The summed E-state index contributed by atoms with van der Waals surface area (Å²) in [5.41, 5.74) is 1.41. The molecule has 0 aliphatic carbocycles. The molecule has 0 bridgehead atoms. The number of hydrogen-bond donors (Lipinski definition) is 1.